The number of guanidine groups is 1. The summed E-state index contributed by atoms with van der Waals surface area (Å²) in [6.45, 7) is 8.60. The predicted molar refractivity (Wildman–Crippen MR) is 99.2 cm³/mol. The Kier molecular flexibility index (Phi) is 9.53. The summed E-state index contributed by atoms with van der Waals surface area (Å²) in [6, 6.07) is 7.83. The topological polar surface area (TPSA) is 74.8 Å². The number of anilines is 1. The highest BCUT2D eigenvalue weighted by Gasteiger charge is 2.10. The summed E-state index contributed by atoms with van der Waals surface area (Å²) in [7, 11) is 1.73. The molecule has 0 saturated heterocycles. The molecule has 0 bridgehead atoms. The average molecular weight is 334 g/mol. The van der Waals surface area contributed by atoms with Gasteiger partial charge in [-0.1, -0.05) is 26.0 Å². The Bertz CT molecular complexity index is 532. The molecule has 0 aliphatic heterocycles. The van der Waals surface area contributed by atoms with Crippen LogP contribution < -0.4 is 16.0 Å². The minimum atomic E-state index is 0.0140. The molecule has 1 amide bonds. The second kappa shape index (κ2) is 11.5. The van der Waals surface area contributed by atoms with E-state index in [-0.39, 0.29) is 11.8 Å². The molecule has 24 heavy (non-hydrogen) atoms. The van der Waals surface area contributed by atoms with E-state index in [0.29, 0.717) is 26.3 Å². The van der Waals surface area contributed by atoms with E-state index in [1.165, 1.54) is 0 Å². The van der Waals surface area contributed by atoms with Crippen LogP contribution in [0.5, 0.6) is 0 Å². The van der Waals surface area contributed by atoms with Crippen molar-refractivity contribution in [3.63, 3.8) is 0 Å². The van der Waals surface area contributed by atoms with Gasteiger partial charge in [-0.25, -0.2) is 0 Å². The van der Waals surface area contributed by atoms with Crippen LogP contribution in [0.2, 0.25) is 0 Å². The third-order valence-electron chi connectivity index (χ3n) is 3.68. The fourth-order valence-electron chi connectivity index (χ4n) is 2.00. The quantitative estimate of drug-likeness (QED) is 0.368. The number of nitrogens with zero attached hydrogens (tertiary/aromatic N) is 1. The number of carbonyl (C=O) groups excluding carboxylic acids is 1. The Morgan fingerprint density at radius 3 is 2.75 bits per heavy atom. The minimum absolute atomic E-state index is 0.0140. The van der Waals surface area contributed by atoms with Crippen molar-refractivity contribution >= 4 is 17.6 Å². The van der Waals surface area contributed by atoms with Gasteiger partial charge in [0.2, 0.25) is 5.91 Å². The van der Waals surface area contributed by atoms with Crippen molar-refractivity contribution < 1.29 is 9.53 Å². The summed E-state index contributed by atoms with van der Waals surface area (Å²) in [6.07, 6.45) is 0.830. The maximum atomic E-state index is 12.0. The Labute approximate surface area is 145 Å². The molecule has 0 spiro atoms. The monoisotopic (exact) mass is 334 g/mol. The van der Waals surface area contributed by atoms with Crippen molar-refractivity contribution in [3.8, 4) is 0 Å². The highest BCUT2D eigenvalue weighted by Crippen LogP contribution is 2.13. The number of nitrogens with one attached hydrogen (secondary N) is 3. The van der Waals surface area contributed by atoms with Crippen LogP contribution in [0.15, 0.2) is 29.3 Å². The first-order valence-corrected chi connectivity index (χ1v) is 8.52. The summed E-state index contributed by atoms with van der Waals surface area (Å²) in [5.74, 6) is 0.792. The maximum Gasteiger partial charge on any atom is 0.227 e. The van der Waals surface area contributed by atoms with E-state index in [0.717, 1.165) is 23.6 Å². The smallest absolute Gasteiger partial charge is 0.227 e. The molecule has 6 nitrogen and oxygen atoms in total. The molecule has 0 saturated carbocycles. The molecule has 6 heteroatoms. The van der Waals surface area contributed by atoms with Gasteiger partial charge >= 0.3 is 0 Å². The van der Waals surface area contributed by atoms with E-state index >= 15 is 0 Å². The number of carbonyl (C=O) groups is 1. The van der Waals surface area contributed by atoms with E-state index in [2.05, 4.69) is 20.9 Å². The van der Waals surface area contributed by atoms with Crippen LogP contribution >= 0.6 is 0 Å². The molecule has 3 N–H and O–H groups in total. The van der Waals surface area contributed by atoms with Crippen LogP contribution in [-0.4, -0.2) is 38.7 Å². The lowest BCUT2D eigenvalue weighted by Gasteiger charge is -2.13. The first-order chi connectivity index (χ1) is 11.6. The maximum absolute atomic E-state index is 12.0. The largest absolute Gasteiger partial charge is 0.380 e. The number of rotatable bonds is 9. The van der Waals surface area contributed by atoms with E-state index in [1.807, 2.05) is 45.0 Å². The molecular weight excluding hydrogens is 304 g/mol. The first-order valence-electron chi connectivity index (χ1n) is 8.52. The van der Waals surface area contributed by atoms with Crippen molar-refractivity contribution in [1.82, 2.24) is 10.6 Å². The molecule has 134 valence electrons. The molecule has 1 unspecified atom stereocenters. The van der Waals surface area contributed by atoms with Gasteiger partial charge in [0.15, 0.2) is 5.96 Å². The van der Waals surface area contributed by atoms with Crippen LogP contribution in [0.25, 0.3) is 0 Å². The van der Waals surface area contributed by atoms with Gasteiger partial charge in [-0.3, -0.25) is 9.79 Å². The van der Waals surface area contributed by atoms with Crippen LogP contribution in [0.4, 0.5) is 5.69 Å². The second-order valence-electron chi connectivity index (χ2n) is 5.55. The molecule has 1 rings (SSSR count). The summed E-state index contributed by atoms with van der Waals surface area (Å²) in [5, 5.41) is 9.39. The second-order valence-corrected chi connectivity index (χ2v) is 5.55. The third-order valence-corrected chi connectivity index (χ3v) is 3.68. The van der Waals surface area contributed by atoms with Gasteiger partial charge in [0.05, 0.1) is 6.61 Å². The van der Waals surface area contributed by atoms with Crippen molar-refractivity contribution in [2.24, 2.45) is 10.9 Å². The number of aliphatic imine (C=N–C) groups is 1. The van der Waals surface area contributed by atoms with Crippen LogP contribution in [0.3, 0.4) is 0 Å². The number of benzene rings is 1. The number of amides is 1. The minimum Gasteiger partial charge on any atom is -0.380 e. The Morgan fingerprint density at radius 2 is 2.08 bits per heavy atom. The van der Waals surface area contributed by atoms with Crippen molar-refractivity contribution in [1.29, 1.82) is 0 Å². The van der Waals surface area contributed by atoms with E-state index in [1.54, 1.807) is 7.05 Å². The highest BCUT2D eigenvalue weighted by molar-refractivity contribution is 5.92. The van der Waals surface area contributed by atoms with Gasteiger partial charge in [-0.15, -0.1) is 0 Å². The lowest BCUT2D eigenvalue weighted by Crippen LogP contribution is -2.38. The van der Waals surface area contributed by atoms with E-state index in [4.69, 9.17) is 4.74 Å². The summed E-state index contributed by atoms with van der Waals surface area (Å²) >= 11 is 0. The Hall–Kier alpha value is -2.08. The molecule has 0 aliphatic rings. The third kappa shape index (κ3) is 7.46. The number of hydrogen-bond donors (Lipinski definition) is 3. The number of hydrogen-bond acceptors (Lipinski definition) is 3. The zero-order chi connectivity index (χ0) is 17.8. The standard InChI is InChI=1S/C18H30N4O2/c1-5-14(3)17(23)22-16-9-7-8-15(12-16)13-21-18(19-4)20-10-11-24-6-2/h7-9,12,14H,5-6,10-11,13H2,1-4H3,(H,22,23)(H2,19,20,21). The van der Waals surface area contributed by atoms with Crippen molar-refractivity contribution in [2.75, 3.05) is 32.1 Å². The SMILES string of the molecule is CCOCCNC(=NC)NCc1cccc(NC(=O)C(C)CC)c1. The fraction of sp³-hybridized carbons (Fsp3) is 0.556. The molecule has 0 heterocycles. The van der Waals surface area contributed by atoms with Gasteiger partial charge in [0.1, 0.15) is 0 Å². The van der Waals surface area contributed by atoms with Crippen molar-refractivity contribution in [2.45, 2.75) is 33.7 Å². The zero-order valence-corrected chi connectivity index (χ0v) is 15.2. The van der Waals surface area contributed by atoms with Crippen molar-refractivity contribution in [3.05, 3.63) is 29.8 Å². The molecule has 0 fully saturated rings. The molecular formula is C18H30N4O2. The fourth-order valence-corrected chi connectivity index (χ4v) is 2.00. The normalized spacial score (nSPS) is 12.6. The van der Waals surface area contributed by atoms with Gasteiger partial charge in [-0.05, 0) is 31.0 Å². The number of ether oxygens (including phenoxy) is 1. The molecule has 0 aliphatic carbocycles. The Morgan fingerprint density at radius 1 is 1.29 bits per heavy atom. The predicted octanol–water partition coefficient (Wildman–Crippen LogP) is 2.37. The lowest BCUT2D eigenvalue weighted by molar-refractivity contribution is -0.119. The highest BCUT2D eigenvalue weighted by atomic mass is 16.5. The first kappa shape index (κ1) is 20.0. The van der Waals surface area contributed by atoms with E-state index < -0.39 is 0 Å². The summed E-state index contributed by atoms with van der Waals surface area (Å²) < 4.78 is 5.29. The molecule has 1 aromatic rings. The molecule has 0 radical (unpaired) electrons. The van der Waals surface area contributed by atoms with Crippen LogP contribution in [0.1, 0.15) is 32.8 Å². The molecule has 1 aromatic carbocycles. The van der Waals surface area contributed by atoms with Gasteiger partial charge in [-0.2, -0.15) is 0 Å². The lowest BCUT2D eigenvalue weighted by atomic mass is 10.1. The van der Waals surface area contributed by atoms with Gasteiger partial charge in [0, 0.05) is 38.3 Å². The van der Waals surface area contributed by atoms with Gasteiger partial charge < -0.3 is 20.7 Å². The summed E-state index contributed by atoms with van der Waals surface area (Å²) in [4.78, 5) is 16.1. The van der Waals surface area contributed by atoms with Crippen LogP contribution in [-0.2, 0) is 16.1 Å². The van der Waals surface area contributed by atoms with Gasteiger partial charge in [0.25, 0.3) is 0 Å². The molecule has 0 aromatic heterocycles. The summed E-state index contributed by atoms with van der Waals surface area (Å²) in [5.41, 5.74) is 1.89. The average Bonchev–Trinajstić information content (AvgIpc) is 2.60. The molecule has 1 atom stereocenters. The van der Waals surface area contributed by atoms with E-state index in [9.17, 15) is 4.79 Å². The zero-order valence-electron chi connectivity index (χ0n) is 15.2. The Balaban J connectivity index is 2.50. The van der Waals surface area contributed by atoms with Crippen LogP contribution in [0, 0.1) is 5.92 Å².